The van der Waals surface area contributed by atoms with Crippen molar-refractivity contribution in [3.8, 4) is 5.75 Å². The summed E-state index contributed by atoms with van der Waals surface area (Å²) in [5.41, 5.74) is 8.44. The number of aryl methyl sites for hydroxylation is 1. The van der Waals surface area contributed by atoms with Crippen LogP contribution in [0.3, 0.4) is 0 Å². The average molecular weight is 389 g/mol. The fourth-order valence-electron chi connectivity index (χ4n) is 2.49. The molecule has 0 amide bonds. The maximum atomic E-state index is 11.8. The van der Waals surface area contributed by atoms with Gasteiger partial charge >= 0.3 is 5.63 Å². The molecule has 0 bridgehead atoms. The number of hydrogen-bond donors (Lipinski definition) is 1. The highest BCUT2D eigenvalue weighted by molar-refractivity contribution is 8.13. The topological polar surface area (TPSA) is 77.8 Å². The molecule has 2 aromatic carbocycles. The van der Waals surface area contributed by atoms with E-state index in [4.69, 9.17) is 26.5 Å². The van der Waals surface area contributed by atoms with Gasteiger partial charge in [0.1, 0.15) is 17.0 Å². The van der Waals surface area contributed by atoms with E-state index >= 15 is 0 Å². The third-order valence-electron chi connectivity index (χ3n) is 3.80. The Labute approximate surface area is 159 Å². The van der Waals surface area contributed by atoms with Crippen LogP contribution in [0.1, 0.15) is 11.1 Å². The molecule has 1 aromatic heterocycles. The van der Waals surface area contributed by atoms with E-state index in [9.17, 15) is 4.79 Å². The number of benzene rings is 2. The van der Waals surface area contributed by atoms with Crippen LogP contribution < -0.4 is 16.1 Å². The molecule has 0 saturated heterocycles. The molecule has 0 aliphatic heterocycles. The van der Waals surface area contributed by atoms with Gasteiger partial charge in [0.15, 0.2) is 5.17 Å². The van der Waals surface area contributed by atoms with Gasteiger partial charge in [-0.3, -0.25) is 0 Å². The summed E-state index contributed by atoms with van der Waals surface area (Å²) in [6.45, 7) is 1.86. The molecule has 26 heavy (non-hydrogen) atoms. The molecule has 5 nitrogen and oxygen atoms in total. The molecule has 2 N–H and O–H groups in total. The third-order valence-corrected chi connectivity index (χ3v) is 5.05. The number of amidine groups is 1. The highest BCUT2D eigenvalue weighted by Gasteiger charge is 2.10. The van der Waals surface area contributed by atoms with Gasteiger partial charge in [-0.2, -0.15) is 0 Å². The minimum atomic E-state index is -0.407. The van der Waals surface area contributed by atoms with E-state index in [0.717, 1.165) is 16.5 Å². The number of fused-ring (bicyclic) bond motifs is 1. The van der Waals surface area contributed by atoms with Crippen LogP contribution in [-0.2, 0) is 5.75 Å². The van der Waals surface area contributed by atoms with Gasteiger partial charge in [-0.15, -0.1) is 0 Å². The summed E-state index contributed by atoms with van der Waals surface area (Å²) in [4.78, 5) is 16.2. The molecular weight excluding hydrogens is 372 g/mol. The van der Waals surface area contributed by atoms with E-state index < -0.39 is 5.63 Å². The largest absolute Gasteiger partial charge is 0.494 e. The van der Waals surface area contributed by atoms with Gasteiger partial charge in [-0.25, -0.2) is 9.79 Å². The van der Waals surface area contributed by atoms with Crippen LogP contribution in [0, 0.1) is 6.92 Å². The van der Waals surface area contributed by atoms with Gasteiger partial charge in [0.2, 0.25) is 0 Å². The summed E-state index contributed by atoms with van der Waals surface area (Å²) in [6.07, 6.45) is 0. The van der Waals surface area contributed by atoms with Gasteiger partial charge in [-0.1, -0.05) is 35.5 Å². The second-order valence-electron chi connectivity index (χ2n) is 5.60. The number of halogens is 1. The number of thioether (sulfide) groups is 1. The van der Waals surface area contributed by atoms with Crippen molar-refractivity contribution in [2.75, 3.05) is 7.11 Å². The minimum absolute atomic E-state index is 0.370. The van der Waals surface area contributed by atoms with Crippen LogP contribution in [0.25, 0.3) is 11.0 Å². The normalized spacial score (nSPS) is 11.7. The number of rotatable bonds is 4. The molecule has 3 rings (SSSR count). The molecule has 0 atom stereocenters. The lowest BCUT2D eigenvalue weighted by Gasteiger charge is -2.08. The SMILES string of the molecule is COc1ccccc1N=C(N)SCc1cc(=O)oc2cc(C)c(Cl)cc12. The van der Waals surface area contributed by atoms with Crippen molar-refractivity contribution < 1.29 is 9.15 Å². The van der Waals surface area contributed by atoms with E-state index in [-0.39, 0.29) is 0 Å². The minimum Gasteiger partial charge on any atom is -0.494 e. The third kappa shape index (κ3) is 4.03. The van der Waals surface area contributed by atoms with Crippen molar-refractivity contribution in [1.82, 2.24) is 0 Å². The first-order chi connectivity index (χ1) is 12.5. The molecule has 7 heteroatoms. The Morgan fingerprint density at radius 3 is 2.85 bits per heavy atom. The quantitative estimate of drug-likeness (QED) is 0.400. The summed E-state index contributed by atoms with van der Waals surface area (Å²) in [7, 11) is 1.58. The molecule has 0 radical (unpaired) electrons. The Morgan fingerprint density at radius 1 is 1.31 bits per heavy atom. The maximum Gasteiger partial charge on any atom is 0.336 e. The summed E-state index contributed by atoms with van der Waals surface area (Å²) in [5.74, 6) is 1.11. The first-order valence-electron chi connectivity index (χ1n) is 7.81. The van der Waals surface area contributed by atoms with Crippen LogP contribution in [0.15, 0.2) is 56.7 Å². The monoisotopic (exact) mass is 388 g/mol. The summed E-state index contributed by atoms with van der Waals surface area (Å²) in [6, 6.07) is 12.4. The highest BCUT2D eigenvalue weighted by atomic mass is 35.5. The molecule has 0 saturated carbocycles. The van der Waals surface area contributed by atoms with Crippen molar-refractivity contribution in [2.24, 2.45) is 10.7 Å². The van der Waals surface area contributed by atoms with E-state index in [0.29, 0.717) is 33.0 Å². The van der Waals surface area contributed by atoms with Gasteiger partial charge in [0.25, 0.3) is 0 Å². The van der Waals surface area contributed by atoms with E-state index in [2.05, 4.69) is 4.99 Å². The summed E-state index contributed by atoms with van der Waals surface area (Å²) in [5, 5.41) is 1.78. The number of para-hydroxylation sites is 2. The molecule has 0 unspecified atom stereocenters. The second kappa shape index (κ2) is 7.85. The van der Waals surface area contributed by atoms with Crippen molar-refractivity contribution in [2.45, 2.75) is 12.7 Å². The molecule has 0 aliphatic carbocycles. The van der Waals surface area contributed by atoms with Gasteiger partial charge in [-0.05, 0) is 42.3 Å². The lowest BCUT2D eigenvalue weighted by molar-refractivity contribution is 0.416. The fourth-order valence-corrected chi connectivity index (χ4v) is 3.36. The van der Waals surface area contributed by atoms with Crippen LogP contribution in [0.4, 0.5) is 5.69 Å². The molecule has 134 valence electrons. The fraction of sp³-hybridized carbons (Fsp3) is 0.158. The molecule has 1 heterocycles. The van der Waals surface area contributed by atoms with Crippen LogP contribution in [-0.4, -0.2) is 12.3 Å². The van der Waals surface area contributed by atoms with Crippen LogP contribution in [0.5, 0.6) is 5.75 Å². The zero-order valence-electron chi connectivity index (χ0n) is 14.3. The molecular formula is C19H17ClN2O3S. The smallest absolute Gasteiger partial charge is 0.336 e. The van der Waals surface area contributed by atoms with Crippen molar-refractivity contribution in [1.29, 1.82) is 0 Å². The Balaban J connectivity index is 1.88. The Morgan fingerprint density at radius 2 is 2.08 bits per heavy atom. The molecule has 0 spiro atoms. The van der Waals surface area contributed by atoms with Crippen molar-refractivity contribution in [3.05, 3.63) is 69.0 Å². The molecule has 0 aliphatic rings. The zero-order chi connectivity index (χ0) is 18.7. The highest BCUT2D eigenvalue weighted by Crippen LogP contribution is 2.29. The summed E-state index contributed by atoms with van der Waals surface area (Å²) < 4.78 is 10.5. The summed E-state index contributed by atoms with van der Waals surface area (Å²) >= 11 is 7.54. The molecule has 0 fully saturated rings. The van der Waals surface area contributed by atoms with E-state index in [1.165, 1.54) is 17.8 Å². The first-order valence-corrected chi connectivity index (χ1v) is 9.17. The Bertz CT molecular complexity index is 1050. The van der Waals surface area contributed by atoms with E-state index in [1.54, 1.807) is 19.2 Å². The van der Waals surface area contributed by atoms with Crippen molar-refractivity contribution in [3.63, 3.8) is 0 Å². The van der Waals surface area contributed by atoms with Crippen molar-refractivity contribution >= 4 is 45.2 Å². The van der Waals surface area contributed by atoms with Gasteiger partial charge < -0.3 is 14.9 Å². The maximum absolute atomic E-state index is 11.8. The first kappa shape index (κ1) is 18.4. The van der Waals surface area contributed by atoms with Gasteiger partial charge in [0.05, 0.1) is 7.11 Å². The van der Waals surface area contributed by atoms with Crippen LogP contribution >= 0.6 is 23.4 Å². The predicted molar refractivity (Wildman–Crippen MR) is 108 cm³/mol. The standard InChI is InChI=1S/C19H17ClN2O3S/c1-11-7-17-13(9-14(11)20)12(8-18(23)25-17)10-26-19(21)22-15-5-3-4-6-16(15)24-2/h3-9H,10H2,1-2H3,(H2,21,22). The van der Waals surface area contributed by atoms with Gasteiger partial charge in [0, 0.05) is 22.2 Å². The zero-order valence-corrected chi connectivity index (χ0v) is 15.9. The molecule has 3 aromatic rings. The lowest BCUT2D eigenvalue weighted by atomic mass is 10.1. The Kier molecular flexibility index (Phi) is 5.54. The number of hydrogen-bond acceptors (Lipinski definition) is 5. The lowest BCUT2D eigenvalue weighted by Crippen LogP contribution is -2.07. The number of ether oxygens (including phenoxy) is 1. The van der Waals surface area contributed by atoms with Crippen LogP contribution in [0.2, 0.25) is 5.02 Å². The number of nitrogens with zero attached hydrogens (tertiary/aromatic N) is 1. The number of methoxy groups -OCH3 is 1. The number of aliphatic imine (C=N–C) groups is 1. The van der Waals surface area contributed by atoms with E-state index in [1.807, 2.05) is 31.2 Å². The number of nitrogens with two attached hydrogens (primary N) is 1. The Hall–Kier alpha value is -2.44. The average Bonchev–Trinajstić information content (AvgIpc) is 2.61. The second-order valence-corrected chi connectivity index (χ2v) is 7.00. The predicted octanol–water partition coefficient (Wildman–Crippen LogP) is 4.64.